The summed E-state index contributed by atoms with van der Waals surface area (Å²) in [7, 11) is 0. The van der Waals surface area contributed by atoms with Gasteiger partial charge < -0.3 is 4.57 Å². The van der Waals surface area contributed by atoms with E-state index in [1.165, 1.54) is 23.9 Å². The molecule has 1 aliphatic heterocycles. The van der Waals surface area contributed by atoms with E-state index in [-0.39, 0.29) is 11.2 Å². The summed E-state index contributed by atoms with van der Waals surface area (Å²) in [6.07, 6.45) is -0.460. The summed E-state index contributed by atoms with van der Waals surface area (Å²) in [6.45, 7) is 4.75. The standard InChI is InChI=1S/C16H16F3N3S/c1-10(2)15-21-20-14-7-6-13(9-22(14)15)23-12-5-3-4-11(8-12)16(17,18)19/h3-8,10,13H,9H2,1-2H3. The molecule has 0 amide bonds. The molecule has 122 valence electrons. The normalized spacial score (nSPS) is 17.6. The fourth-order valence-corrected chi connectivity index (χ4v) is 3.58. The Balaban J connectivity index is 1.79. The van der Waals surface area contributed by atoms with Crippen LogP contribution in [-0.2, 0) is 12.7 Å². The number of thioether (sulfide) groups is 1. The average Bonchev–Trinajstić information content (AvgIpc) is 2.90. The van der Waals surface area contributed by atoms with Crippen molar-refractivity contribution in [3.63, 3.8) is 0 Å². The lowest BCUT2D eigenvalue weighted by atomic mass is 10.2. The zero-order valence-electron chi connectivity index (χ0n) is 12.7. The second-order valence-electron chi connectivity index (χ2n) is 5.72. The molecular weight excluding hydrogens is 323 g/mol. The van der Waals surface area contributed by atoms with E-state index in [1.54, 1.807) is 6.07 Å². The Morgan fingerprint density at radius 1 is 1.26 bits per heavy atom. The molecule has 0 radical (unpaired) electrons. The summed E-state index contributed by atoms with van der Waals surface area (Å²) in [5.41, 5.74) is -0.616. The minimum atomic E-state index is -4.31. The predicted molar refractivity (Wildman–Crippen MR) is 84.2 cm³/mol. The molecule has 0 saturated carbocycles. The third-order valence-corrected chi connectivity index (χ3v) is 4.73. The molecule has 0 fully saturated rings. The van der Waals surface area contributed by atoms with Gasteiger partial charge in [0.2, 0.25) is 0 Å². The number of alkyl halides is 3. The molecule has 1 unspecified atom stereocenters. The third-order valence-electron chi connectivity index (χ3n) is 3.60. The van der Waals surface area contributed by atoms with Crippen molar-refractivity contribution in [1.82, 2.24) is 14.8 Å². The van der Waals surface area contributed by atoms with Crippen molar-refractivity contribution in [2.75, 3.05) is 0 Å². The number of hydrogen-bond donors (Lipinski definition) is 0. The Bertz CT molecular complexity index is 734. The first kappa shape index (κ1) is 16.1. The summed E-state index contributed by atoms with van der Waals surface area (Å²) < 4.78 is 40.4. The van der Waals surface area contributed by atoms with E-state index in [2.05, 4.69) is 10.2 Å². The zero-order chi connectivity index (χ0) is 16.6. The van der Waals surface area contributed by atoms with Crippen molar-refractivity contribution in [2.24, 2.45) is 0 Å². The predicted octanol–water partition coefficient (Wildman–Crippen LogP) is 4.61. The van der Waals surface area contributed by atoms with Gasteiger partial charge in [0.25, 0.3) is 0 Å². The van der Waals surface area contributed by atoms with E-state index in [0.717, 1.165) is 17.7 Å². The number of rotatable bonds is 3. The van der Waals surface area contributed by atoms with E-state index in [4.69, 9.17) is 0 Å². The molecular formula is C16H16F3N3S. The minimum absolute atomic E-state index is 0.0551. The lowest BCUT2D eigenvalue weighted by Crippen LogP contribution is -2.18. The monoisotopic (exact) mass is 339 g/mol. The van der Waals surface area contributed by atoms with E-state index < -0.39 is 11.7 Å². The summed E-state index contributed by atoms with van der Waals surface area (Å²) in [6, 6.07) is 5.44. The Morgan fingerprint density at radius 2 is 2.04 bits per heavy atom. The fraction of sp³-hybridized carbons (Fsp3) is 0.375. The van der Waals surface area contributed by atoms with Gasteiger partial charge in [0.15, 0.2) is 5.82 Å². The van der Waals surface area contributed by atoms with Gasteiger partial charge >= 0.3 is 6.18 Å². The summed E-state index contributed by atoms with van der Waals surface area (Å²) >= 11 is 1.42. The van der Waals surface area contributed by atoms with E-state index in [9.17, 15) is 13.2 Å². The molecule has 1 aromatic heterocycles. The highest BCUT2D eigenvalue weighted by Crippen LogP contribution is 2.34. The van der Waals surface area contributed by atoms with Crippen LogP contribution in [0.4, 0.5) is 13.2 Å². The fourth-order valence-electron chi connectivity index (χ4n) is 2.50. The van der Waals surface area contributed by atoms with Crippen LogP contribution in [-0.4, -0.2) is 20.0 Å². The summed E-state index contributed by atoms with van der Waals surface area (Å²) in [5.74, 6) is 1.95. The van der Waals surface area contributed by atoms with Gasteiger partial charge in [-0.2, -0.15) is 13.2 Å². The maximum absolute atomic E-state index is 12.8. The number of aromatic nitrogens is 3. The second kappa shape index (κ2) is 6.03. The highest BCUT2D eigenvalue weighted by atomic mass is 32.2. The van der Waals surface area contributed by atoms with Crippen LogP contribution in [0.3, 0.4) is 0 Å². The van der Waals surface area contributed by atoms with Gasteiger partial charge in [-0.3, -0.25) is 0 Å². The van der Waals surface area contributed by atoms with E-state index >= 15 is 0 Å². The molecule has 7 heteroatoms. The maximum Gasteiger partial charge on any atom is 0.416 e. The van der Waals surface area contributed by atoms with Gasteiger partial charge in [0, 0.05) is 22.6 Å². The molecule has 1 aromatic carbocycles. The molecule has 0 bridgehead atoms. The maximum atomic E-state index is 12.8. The second-order valence-corrected chi connectivity index (χ2v) is 7.04. The van der Waals surface area contributed by atoms with Crippen LogP contribution in [0, 0.1) is 0 Å². The zero-order valence-corrected chi connectivity index (χ0v) is 13.5. The van der Waals surface area contributed by atoms with Gasteiger partial charge in [0.1, 0.15) is 5.82 Å². The molecule has 0 saturated heterocycles. The van der Waals surface area contributed by atoms with Crippen molar-refractivity contribution in [3.8, 4) is 0 Å². The Morgan fingerprint density at radius 3 is 2.74 bits per heavy atom. The van der Waals surface area contributed by atoms with Gasteiger partial charge in [-0.05, 0) is 24.3 Å². The Kier molecular flexibility index (Phi) is 4.23. The van der Waals surface area contributed by atoms with Crippen LogP contribution in [0.5, 0.6) is 0 Å². The number of fused-ring (bicyclic) bond motifs is 1. The third kappa shape index (κ3) is 3.44. The summed E-state index contributed by atoms with van der Waals surface area (Å²) in [4.78, 5) is 0.608. The topological polar surface area (TPSA) is 30.7 Å². The van der Waals surface area contributed by atoms with Crippen LogP contribution in [0.2, 0.25) is 0 Å². The van der Waals surface area contributed by atoms with Gasteiger partial charge in [0.05, 0.1) is 5.56 Å². The highest BCUT2D eigenvalue weighted by Gasteiger charge is 2.30. The molecule has 0 aliphatic carbocycles. The first-order valence-corrected chi connectivity index (χ1v) is 8.18. The lowest BCUT2D eigenvalue weighted by molar-refractivity contribution is -0.137. The summed E-state index contributed by atoms with van der Waals surface area (Å²) in [5, 5.41) is 8.38. The first-order valence-electron chi connectivity index (χ1n) is 7.30. The minimum Gasteiger partial charge on any atom is -0.310 e. The molecule has 3 nitrogen and oxygen atoms in total. The molecule has 2 aromatic rings. The van der Waals surface area contributed by atoms with Crippen LogP contribution >= 0.6 is 11.8 Å². The molecule has 2 heterocycles. The van der Waals surface area contributed by atoms with Gasteiger partial charge in [-0.25, -0.2) is 0 Å². The molecule has 0 N–H and O–H groups in total. The van der Waals surface area contributed by atoms with Crippen LogP contribution in [0.1, 0.15) is 37.0 Å². The van der Waals surface area contributed by atoms with E-state index in [0.29, 0.717) is 11.4 Å². The molecule has 1 aliphatic rings. The molecule has 0 spiro atoms. The molecule has 1 atom stereocenters. The van der Waals surface area contributed by atoms with Crippen molar-refractivity contribution in [3.05, 3.63) is 47.6 Å². The van der Waals surface area contributed by atoms with Gasteiger partial charge in [-0.15, -0.1) is 22.0 Å². The van der Waals surface area contributed by atoms with Crippen LogP contribution < -0.4 is 0 Å². The number of nitrogens with zero attached hydrogens (tertiary/aromatic N) is 3. The smallest absolute Gasteiger partial charge is 0.310 e. The van der Waals surface area contributed by atoms with Crippen molar-refractivity contribution in [2.45, 2.75) is 42.6 Å². The average molecular weight is 339 g/mol. The lowest BCUT2D eigenvalue weighted by Gasteiger charge is -2.20. The quantitative estimate of drug-likeness (QED) is 0.818. The van der Waals surface area contributed by atoms with Crippen molar-refractivity contribution in [1.29, 1.82) is 0 Å². The van der Waals surface area contributed by atoms with Crippen LogP contribution in [0.15, 0.2) is 35.2 Å². The highest BCUT2D eigenvalue weighted by molar-refractivity contribution is 8.00. The van der Waals surface area contributed by atoms with Gasteiger partial charge in [-0.1, -0.05) is 26.0 Å². The molecule has 23 heavy (non-hydrogen) atoms. The van der Waals surface area contributed by atoms with Crippen molar-refractivity contribution < 1.29 is 13.2 Å². The number of benzene rings is 1. The number of halogens is 3. The molecule has 3 rings (SSSR count). The number of hydrogen-bond acceptors (Lipinski definition) is 3. The van der Waals surface area contributed by atoms with Crippen molar-refractivity contribution >= 4 is 17.8 Å². The Hall–Kier alpha value is -1.76. The first-order chi connectivity index (χ1) is 10.8. The Labute approximate surface area is 136 Å². The van der Waals surface area contributed by atoms with E-state index in [1.807, 2.05) is 30.6 Å². The largest absolute Gasteiger partial charge is 0.416 e. The van der Waals surface area contributed by atoms with Crippen LogP contribution in [0.25, 0.3) is 6.08 Å². The SMILES string of the molecule is CC(C)c1nnc2n1CC(Sc1cccc(C(F)(F)F)c1)C=C2.